The lowest BCUT2D eigenvalue weighted by Gasteiger charge is -2.17. The van der Waals surface area contributed by atoms with Crippen molar-refractivity contribution in [3.8, 4) is 0 Å². The minimum absolute atomic E-state index is 0.197. The van der Waals surface area contributed by atoms with Gasteiger partial charge in [-0.25, -0.2) is 9.37 Å². The highest BCUT2D eigenvalue weighted by molar-refractivity contribution is 9.10. The maximum absolute atomic E-state index is 14.2. The molecule has 0 bridgehead atoms. The van der Waals surface area contributed by atoms with E-state index < -0.39 is 0 Å². The van der Waals surface area contributed by atoms with Gasteiger partial charge < -0.3 is 5.32 Å². The Morgan fingerprint density at radius 1 is 1.50 bits per heavy atom. The average Bonchev–Trinajstić information content (AvgIpc) is 2.77. The van der Waals surface area contributed by atoms with Crippen LogP contribution >= 0.6 is 27.3 Å². The van der Waals surface area contributed by atoms with Gasteiger partial charge in [0.1, 0.15) is 5.82 Å². The highest BCUT2D eigenvalue weighted by Gasteiger charge is 2.20. The molecule has 0 amide bonds. The normalized spacial score (nSPS) is 12.7. The van der Waals surface area contributed by atoms with E-state index >= 15 is 0 Å². The smallest absolute Gasteiger partial charge is 0.142 e. The molecule has 1 N–H and O–H groups in total. The molecule has 0 radical (unpaired) electrons. The number of aryl methyl sites for hydroxylation is 1. The predicted molar refractivity (Wildman–Crippen MR) is 76.5 cm³/mol. The van der Waals surface area contributed by atoms with E-state index in [9.17, 15) is 4.39 Å². The Labute approximate surface area is 118 Å². The van der Waals surface area contributed by atoms with E-state index in [-0.39, 0.29) is 11.9 Å². The van der Waals surface area contributed by atoms with E-state index in [2.05, 4.69) is 26.2 Å². The van der Waals surface area contributed by atoms with Crippen LogP contribution in [0.5, 0.6) is 0 Å². The van der Waals surface area contributed by atoms with Gasteiger partial charge in [-0.15, -0.1) is 11.3 Å². The fourth-order valence-corrected chi connectivity index (χ4v) is 2.85. The van der Waals surface area contributed by atoms with Crippen molar-refractivity contribution in [2.24, 2.45) is 0 Å². The molecule has 2 nitrogen and oxygen atoms in total. The van der Waals surface area contributed by atoms with Gasteiger partial charge in [-0.1, -0.05) is 19.1 Å². The number of hydrogen-bond donors (Lipinski definition) is 1. The van der Waals surface area contributed by atoms with E-state index in [1.807, 2.05) is 25.3 Å². The van der Waals surface area contributed by atoms with E-state index in [4.69, 9.17) is 0 Å². The Kier molecular flexibility index (Phi) is 4.48. The minimum atomic E-state index is -0.228. The third-order valence-electron chi connectivity index (χ3n) is 2.63. The third-order valence-corrected chi connectivity index (χ3v) is 4.04. The van der Waals surface area contributed by atoms with Crippen LogP contribution in [0.25, 0.3) is 0 Å². The van der Waals surface area contributed by atoms with Crippen molar-refractivity contribution in [3.63, 3.8) is 0 Å². The van der Waals surface area contributed by atoms with Crippen molar-refractivity contribution < 1.29 is 4.39 Å². The Morgan fingerprint density at radius 2 is 2.28 bits per heavy atom. The first-order valence-corrected chi connectivity index (χ1v) is 7.40. The summed E-state index contributed by atoms with van der Waals surface area (Å²) in [6, 6.07) is 5.14. The molecule has 2 aromatic rings. The largest absolute Gasteiger partial charge is 0.305 e. The monoisotopic (exact) mass is 328 g/mol. The molecule has 18 heavy (non-hydrogen) atoms. The van der Waals surface area contributed by atoms with E-state index in [1.165, 1.54) is 0 Å². The standard InChI is InChI=1S/C13H14BrFN2S/c1-3-16-13(11-7-18-8(2)17-11)9-5-4-6-10(14)12(9)15/h4-7,13,16H,3H2,1-2H3. The maximum Gasteiger partial charge on any atom is 0.142 e. The van der Waals surface area contributed by atoms with Gasteiger partial charge in [-0.3, -0.25) is 0 Å². The second-order valence-corrected chi connectivity index (χ2v) is 5.84. The lowest BCUT2D eigenvalue weighted by molar-refractivity contribution is 0.549. The topological polar surface area (TPSA) is 24.9 Å². The Hall–Kier alpha value is -0.780. The summed E-state index contributed by atoms with van der Waals surface area (Å²) in [5.74, 6) is -0.228. The molecule has 2 rings (SSSR count). The third kappa shape index (κ3) is 2.79. The quantitative estimate of drug-likeness (QED) is 0.915. The van der Waals surface area contributed by atoms with Crippen LogP contribution in [0, 0.1) is 12.7 Å². The molecule has 1 aromatic heterocycles. The van der Waals surface area contributed by atoms with Crippen LogP contribution in [0.1, 0.15) is 29.2 Å². The first kappa shape index (κ1) is 13.6. The van der Waals surface area contributed by atoms with Crippen molar-refractivity contribution in [3.05, 3.63) is 50.1 Å². The molecule has 1 aromatic carbocycles. The highest BCUT2D eigenvalue weighted by Crippen LogP contribution is 2.28. The van der Waals surface area contributed by atoms with Crippen LogP contribution in [0.15, 0.2) is 28.1 Å². The number of hydrogen-bond acceptors (Lipinski definition) is 3. The van der Waals surface area contributed by atoms with Gasteiger partial charge in [0.05, 0.1) is 21.2 Å². The summed E-state index contributed by atoms with van der Waals surface area (Å²) in [5, 5.41) is 6.24. The summed E-state index contributed by atoms with van der Waals surface area (Å²) >= 11 is 4.80. The SMILES string of the molecule is CCNC(c1csc(C)n1)c1cccc(Br)c1F. The molecule has 1 heterocycles. The number of thiazole rings is 1. The summed E-state index contributed by atoms with van der Waals surface area (Å²) in [5.41, 5.74) is 1.49. The Bertz CT molecular complexity index is 542. The second-order valence-electron chi connectivity index (χ2n) is 3.93. The molecule has 1 atom stereocenters. The fourth-order valence-electron chi connectivity index (χ4n) is 1.83. The summed E-state index contributed by atoms with van der Waals surface area (Å²) in [4.78, 5) is 4.45. The molecule has 0 aliphatic carbocycles. The Morgan fingerprint density at radius 3 is 2.89 bits per heavy atom. The summed E-state index contributed by atoms with van der Waals surface area (Å²) < 4.78 is 14.6. The molecule has 0 saturated heterocycles. The predicted octanol–water partition coefficient (Wildman–Crippen LogP) is 4.05. The van der Waals surface area contributed by atoms with Crippen molar-refractivity contribution in [1.29, 1.82) is 0 Å². The van der Waals surface area contributed by atoms with Gasteiger partial charge >= 0.3 is 0 Å². The molecule has 96 valence electrons. The summed E-state index contributed by atoms with van der Waals surface area (Å²) in [7, 11) is 0. The maximum atomic E-state index is 14.2. The summed E-state index contributed by atoms with van der Waals surface area (Å²) in [6.45, 7) is 4.71. The van der Waals surface area contributed by atoms with Crippen molar-refractivity contribution in [2.45, 2.75) is 19.9 Å². The molecule has 0 saturated carbocycles. The number of nitrogens with one attached hydrogen (secondary N) is 1. The zero-order chi connectivity index (χ0) is 13.1. The first-order chi connectivity index (χ1) is 8.63. The van der Waals surface area contributed by atoms with Gasteiger partial charge in [0, 0.05) is 10.9 Å². The van der Waals surface area contributed by atoms with Gasteiger partial charge in [0.2, 0.25) is 0 Å². The van der Waals surface area contributed by atoms with Crippen molar-refractivity contribution in [2.75, 3.05) is 6.54 Å². The number of halogens is 2. The molecule has 1 unspecified atom stereocenters. The summed E-state index contributed by atoms with van der Waals surface area (Å²) in [6.07, 6.45) is 0. The van der Waals surface area contributed by atoms with Gasteiger partial charge in [-0.2, -0.15) is 0 Å². The molecular formula is C13H14BrFN2S. The first-order valence-electron chi connectivity index (χ1n) is 5.72. The van der Waals surface area contributed by atoms with Crippen molar-refractivity contribution >= 4 is 27.3 Å². The lowest BCUT2D eigenvalue weighted by Crippen LogP contribution is -2.23. The number of rotatable bonds is 4. The fraction of sp³-hybridized carbons (Fsp3) is 0.308. The highest BCUT2D eigenvalue weighted by atomic mass is 79.9. The number of nitrogens with zero attached hydrogens (tertiary/aromatic N) is 1. The van der Waals surface area contributed by atoms with E-state index in [0.717, 1.165) is 17.2 Å². The number of benzene rings is 1. The van der Waals surface area contributed by atoms with E-state index in [0.29, 0.717) is 10.0 Å². The van der Waals surface area contributed by atoms with Crippen molar-refractivity contribution in [1.82, 2.24) is 10.3 Å². The van der Waals surface area contributed by atoms with Crippen LogP contribution in [-0.2, 0) is 0 Å². The van der Waals surface area contributed by atoms with Crippen LogP contribution in [-0.4, -0.2) is 11.5 Å². The molecule has 0 spiro atoms. The Balaban J connectivity index is 2.44. The van der Waals surface area contributed by atoms with Gasteiger partial charge in [0.25, 0.3) is 0 Å². The van der Waals surface area contributed by atoms with E-state index in [1.54, 1.807) is 23.5 Å². The van der Waals surface area contributed by atoms with Crippen LogP contribution in [0.3, 0.4) is 0 Å². The molecule has 0 aliphatic rings. The van der Waals surface area contributed by atoms with Crippen LogP contribution in [0.4, 0.5) is 4.39 Å². The average molecular weight is 329 g/mol. The van der Waals surface area contributed by atoms with Crippen LogP contribution < -0.4 is 5.32 Å². The second kappa shape index (κ2) is 5.91. The lowest BCUT2D eigenvalue weighted by atomic mass is 10.0. The number of aromatic nitrogens is 1. The zero-order valence-corrected chi connectivity index (χ0v) is 12.6. The minimum Gasteiger partial charge on any atom is -0.305 e. The zero-order valence-electron chi connectivity index (χ0n) is 10.2. The van der Waals surface area contributed by atoms with Crippen LogP contribution in [0.2, 0.25) is 0 Å². The molecule has 0 aliphatic heterocycles. The molecule has 0 fully saturated rings. The van der Waals surface area contributed by atoms with Gasteiger partial charge in [0.15, 0.2) is 0 Å². The molecular weight excluding hydrogens is 315 g/mol. The molecule has 5 heteroatoms. The van der Waals surface area contributed by atoms with Gasteiger partial charge in [-0.05, 0) is 35.5 Å².